The SMILES string of the molecule is NC(CCCO)c1ccc(F)c(F)c1. The number of hydrogen-bond donors (Lipinski definition) is 2. The third kappa shape index (κ3) is 2.75. The lowest BCUT2D eigenvalue weighted by atomic mass is 10.0. The zero-order valence-corrected chi connectivity index (χ0v) is 7.71. The molecule has 0 spiro atoms. The van der Waals surface area contributed by atoms with Gasteiger partial charge in [0.2, 0.25) is 0 Å². The molecular formula is C10H13F2NO. The van der Waals surface area contributed by atoms with E-state index in [9.17, 15) is 8.78 Å². The largest absolute Gasteiger partial charge is 0.396 e. The lowest BCUT2D eigenvalue weighted by Crippen LogP contribution is -2.11. The highest BCUT2D eigenvalue weighted by Crippen LogP contribution is 2.17. The molecule has 0 aliphatic heterocycles. The first kappa shape index (κ1) is 11.1. The molecular weight excluding hydrogens is 188 g/mol. The van der Waals surface area contributed by atoms with Crippen LogP contribution in [0.25, 0.3) is 0 Å². The zero-order chi connectivity index (χ0) is 10.6. The van der Waals surface area contributed by atoms with Crippen molar-refractivity contribution in [2.75, 3.05) is 6.61 Å². The Labute approximate surface area is 81.4 Å². The van der Waals surface area contributed by atoms with Gasteiger partial charge in [-0.2, -0.15) is 0 Å². The van der Waals surface area contributed by atoms with Crippen LogP contribution in [0.3, 0.4) is 0 Å². The summed E-state index contributed by atoms with van der Waals surface area (Å²) in [7, 11) is 0. The van der Waals surface area contributed by atoms with Gasteiger partial charge in [0, 0.05) is 12.6 Å². The van der Waals surface area contributed by atoms with E-state index < -0.39 is 11.6 Å². The van der Waals surface area contributed by atoms with Crippen LogP contribution in [0.2, 0.25) is 0 Å². The molecule has 1 aromatic rings. The second-order valence-corrected chi connectivity index (χ2v) is 3.15. The molecule has 0 saturated heterocycles. The molecule has 0 aliphatic carbocycles. The second-order valence-electron chi connectivity index (χ2n) is 3.15. The Morgan fingerprint density at radius 1 is 1.29 bits per heavy atom. The lowest BCUT2D eigenvalue weighted by molar-refractivity contribution is 0.280. The molecule has 0 aromatic heterocycles. The second kappa shape index (κ2) is 5.02. The number of nitrogens with two attached hydrogens (primary N) is 1. The fraction of sp³-hybridized carbons (Fsp3) is 0.400. The maximum Gasteiger partial charge on any atom is 0.159 e. The van der Waals surface area contributed by atoms with Crippen LogP contribution in [-0.2, 0) is 0 Å². The Balaban J connectivity index is 2.70. The molecule has 0 radical (unpaired) electrons. The van der Waals surface area contributed by atoms with Crippen molar-refractivity contribution in [2.24, 2.45) is 5.73 Å². The summed E-state index contributed by atoms with van der Waals surface area (Å²) in [6.07, 6.45) is 1.11. The molecule has 1 aromatic carbocycles. The summed E-state index contributed by atoms with van der Waals surface area (Å²) in [4.78, 5) is 0. The van der Waals surface area contributed by atoms with Crippen molar-refractivity contribution < 1.29 is 13.9 Å². The van der Waals surface area contributed by atoms with Gasteiger partial charge < -0.3 is 10.8 Å². The summed E-state index contributed by atoms with van der Waals surface area (Å²) in [6.45, 7) is 0.0530. The highest BCUT2D eigenvalue weighted by atomic mass is 19.2. The Kier molecular flexibility index (Phi) is 3.98. The minimum absolute atomic E-state index is 0.0530. The molecule has 0 heterocycles. The van der Waals surface area contributed by atoms with Gasteiger partial charge in [0.1, 0.15) is 0 Å². The van der Waals surface area contributed by atoms with Crippen LogP contribution in [0.5, 0.6) is 0 Å². The van der Waals surface area contributed by atoms with Gasteiger partial charge in [-0.05, 0) is 30.5 Å². The molecule has 2 nitrogen and oxygen atoms in total. The Morgan fingerprint density at radius 2 is 2.00 bits per heavy atom. The topological polar surface area (TPSA) is 46.2 Å². The van der Waals surface area contributed by atoms with Crippen molar-refractivity contribution in [1.82, 2.24) is 0 Å². The molecule has 1 unspecified atom stereocenters. The molecule has 0 bridgehead atoms. The van der Waals surface area contributed by atoms with E-state index in [4.69, 9.17) is 10.8 Å². The number of halogens is 2. The first-order valence-corrected chi connectivity index (χ1v) is 4.46. The number of hydrogen-bond acceptors (Lipinski definition) is 2. The van der Waals surface area contributed by atoms with Crippen LogP contribution < -0.4 is 5.73 Å². The van der Waals surface area contributed by atoms with Gasteiger partial charge in [0.25, 0.3) is 0 Å². The summed E-state index contributed by atoms with van der Waals surface area (Å²) in [5.41, 5.74) is 6.25. The van der Waals surface area contributed by atoms with E-state index in [0.29, 0.717) is 18.4 Å². The fourth-order valence-electron chi connectivity index (χ4n) is 1.22. The number of aliphatic hydroxyl groups is 1. The van der Waals surface area contributed by atoms with Gasteiger partial charge in [-0.15, -0.1) is 0 Å². The maximum absolute atomic E-state index is 12.8. The number of aliphatic hydroxyl groups excluding tert-OH is 1. The molecule has 4 heteroatoms. The highest BCUT2D eigenvalue weighted by Gasteiger charge is 2.08. The van der Waals surface area contributed by atoms with Crippen LogP contribution in [0, 0.1) is 11.6 Å². The third-order valence-corrected chi connectivity index (χ3v) is 2.05. The van der Waals surface area contributed by atoms with Gasteiger partial charge in [0.15, 0.2) is 11.6 Å². The van der Waals surface area contributed by atoms with Gasteiger partial charge in [-0.3, -0.25) is 0 Å². The Hall–Kier alpha value is -1.00. The van der Waals surface area contributed by atoms with E-state index in [1.165, 1.54) is 6.07 Å². The van der Waals surface area contributed by atoms with Crippen molar-refractivity contribution in [3.8, 4) is 0 Å². The van der Waals surface area contributed by atoms with Crippen molar-refractivity contribution in [3.63, 3.8) is 0 Å². The smallest absolute Gasteiger partial charge is 0.159 e. The molecule has 0 saturated carbocycles. The van der Waals surface area contributed by atoms with Gasteiger partial charge in [0.05, 0.1) is 0 Å². The zero-order valence-electron chi connectivity index (χ0n) is 7.71. The molecule has 0 fully saturated rings. The first-order valence-electron chi connectivity index (χ1n) is 4.46. The molecule has 0 amide bonds. The van der Waals surface area contributed by atoms with E-state index in [-0.39, 0.29) is 12.6 Å². The van der Waals surface area contributed by atoms with Crippen LogP contribution in [0.15, 0.2) is 18.2 Å². The standard InChI is InChI=1S/C10H13F2NO/c11-8-4-3-7(6-9(8)12)10(13)2-1-5-14/h3-4,6,10,14H,1-2,5,13H2. The van der Waals surface area contributed by atoms with Crippen molar-refractivity contribution in [3.05, 3.63) is 35.4 Å². The monoisotopic (exact) mass is 201 g/mol. The average molecular weight is 201 g/mol. The molecule has 78 valence electrons. The predicted octanol–water partition coefficient (Wildman–Crippen LogP) is 1.74. The average Bonchev–Trinajstić information content (AvgIpc) is 2.18. The predicted molar refractivity (Wildman–Crippen MR) is 49.6 cm³/mol. The van der Waals surface area contributed by atoms with E-state index in [1.807, 2.05) is 0 Å². The van der Waals surface area contributed by atoms with E-state index in [2.05, 4.69) is 0 Å². The summed E-state index contributed by atoms with van der Waals surface area (Å²) in [5.74, 6) is -1.76. The Morgan fingerprint density at radius 3 is 2.57 bits per heavy atom. The van der Waals surface area contributed by atoms with Crippen molar-refractivity contribution in [2.45, 2.75) is 18.9 Å². The van der Waals surface area contributed by atoms with E-state index in [0.717, 1.165) is 12.1 Å². The fourth-order valence-corrected chi connectivity index (χ4v) is 1.22. The van der Waals surface area contributed by atoms with Crippen LogP contribution in [0.4, 0.5) is 8.78 Å². The minimum Gasteiger partial charge on any atom is -0.396 e. The number of benzene rings is 1. The normalized spacial score (nSPS) is 12.9. The Bertz CT molecular complexity index is 304. The number of rotatable bonds is 4. The van der Waals surface area contributed by atoms with Gasteiger partial charge >= 0.3 is 0 Å². The minimum atomic E-state index is -0.887. The summed E-state index contributed by atoms with van der Waals surface area (Å²) < 4.78 is 25.3. The highest BCUT2D eigenvalue weighted by molar-refractivity contribution is 5.20. The van der Waals surface area contributed by atoms with Gasteiger partial charge in [-0.1, -0.05) is 6.07 Å². The quantitative estimate of drug-likeness (QED) is 0.779. The lowest BCUT2D eigenvalue weighted by Gasteiger charge is -2.11. The van der Waals surface area contributed by atoms with Crippen molar-refractivity contribution >= 4 is 0 Å². The van der Waals surface area contributed by atoms with Crippen LogP contribution in [0.1, 0.15) is 24.4 Å². The summed E-state index contributed by atoms with van der Waals surface area (Å²) >= 11 is 0. The molecule has 3 N–H and O–H groups in total. The molecule has 1 atom stereocenters. The van der Waals surface area contributed by atoms with Crippen LogP contribution in [-0.4, -0.2) is 11.7 Å². The first-order chi connectivity index (χ1) is 6.65. The van der Waals surface area contributed by atoms with Crippen LogP contribution >= 0.6 is 0 Å². The summed E-state index contributed by atoms with van der Waals surface area (Å²) in [6, 6.07) is 3.26. The molecule has 14 heavy (non-hydrogen) atoms. The van der Waals surface area contributed by atoms with E-state index >= 15 is 0 Å². The summed E-state index contributed by atoms with van der Waals surface area (Å²) in [5, 5.41) is 8.57. The van der Waals surface area contributed by atoms with E-state index in [1.54, 1.807) is 0 Å². The third-order valence-electron chi connectivity index (χ3n) is 2.05. The van der Waals surface area contributed by atoms with Gasteiger partial charge in [-0.25, -0.2) is 8.78 Å². The van der Waals surface area contributed by atoms with Crippen molar-refractivity contribution in [1.29, 1.82) is 0 Å². The molecule has 1 rings (SSSR count). The molecule has 0 aliphatic rings. The maximum atomic E-state index is 12.8.